The topological polar surface area (TPSA) is 92.3 Å². The van der Waals surface area contributed by atoms with Crippen molar-refractivity contribution in [1.82, 2.24) is 14.5 Å². The predicted molar refractivity (Wildman–Crippen MR) is 105 cm³/mol. The molecule has 0 fully saturated rings. The van der Waals surface area contributed by atoms with Gasteiger partial charge in [-0.1, -0.05) is 59.4 Å². The van der Waals surface area contributed by atoms with Crippen molar-refractivity contribution < 1.29 is 13.2 Å². The van der Waals surface area contributed by atoms with E-state index in [1.807, 2.05) is 37.3 Å². The average molecular weight is 403 g/mol. The van der Waals surface area contributed by atoms with E-state index in [2.05, 4.69) is 15.5 Å². The number of aryl methyl sites for hydroxylation is 1. The molecule has 0 saturated carbocycles. The Morgan fingerprint density at radius 3 is 2.41 bits per heavy atom. The summed E-state index contributed by atoms with van der Waals surface area (Å²) in [5.74, 6) is -0.482. The Balaban J connectivity index is 1.65. The Morgan fingerprint density at radius 2 is 1.74 bits per heavy atom. The van der Waals surface area contributed by atoms with Crippen LogP contribution in [-0.4, -0.2) is 42.4 Å². The standard InChI is InChI=1S/C18H18N4O3S2/c1-13-8-10-15(11-9-13)27(24,25)22(2)12-16(23)19-18-21-20-17(26-18)14-6-4-3-5-7-14/h3-11H,12H2,1-2H3,(H,19,21,23). The lowest BCUT2D eigenvalue weighted by atomic mass is 10.2. The zero-order valence-corrected chi connectivity index (χ0v) is 16.4. The molecule has 9 heteroatoms. The van der Waals surface area contributed by atoms with Crippen LogP contribution in [0, 0.1) is 6.92 Å². The van der Waals surface area contributed by atoms with Gasteiger partial charge in [-0.25, -0.2) is 8.42 Å². The van der Waals surface area contributed by atoms with Gasteiger partial charge in [0, 0.05) is 12.6 Å². The van der Waals surface area contributed by atoms with E-state index in [0.29, 0.717) is 10.1 Å². The molecule has 1 aromatic heterocycles. The summed E-state index contributed by atoms with van der Waals surface area (Å²) in [6, 6.07) is 15.9. The number of hydrogen-bond acceptors (Lipinski definition) is 6. The van der Waals surface area contributed by atoms with E-state index in [1.54, 1.807) is 12.1 Å². The number of anilines is 1. The number of carbonyl (C=O) groups is 1. The summed E-state index contributed by atoms with van der Waals surface area (Å²) in [6.07, 6.45) is 0. The molecule has 7 nitrogen and oxygen atoms in total. The van der Waals surface area contributed by atoms with Crippen LogP contribution in [0.5, 0.6) is 0 Å². The fourth-order valence-electron chi connectivity index (χ4n) is 2.31. The van der Waals surface area contributed by atoms with Crippen LogP contribution in [0.4, 0.5) is 5.13 Å². The van der Waals surface area contributed by atoms with Crippen molar-refractivity contribution in [3.05, 3.63) is 60.2 Å². The van der Waals surface area contributed by atoms with Crippen molar-refractivity contribution in [2.45, 2.75) is 11.8 Å². The number of sulfonamides is 1. The highest BCUT2D eigenvalue weighted by Gasteiger charge is 2.23. The van der Waals surface area contributed by atoms with E-state index >= 15 is 0 Å². The van der Waals surface area contributed by atoms with Crippen LogP contribution in [0.15, 0.2) is 59.5 Å². The second-order valence-electron chi connectivity index (χ2n) is 5.90. The first kappa shape index (κ1) is 19.2. The van der Waals surface area contributed by atoms with Gasteiger partial charge in [0.05, 0.1) is 11.4 Å². The normalized spacial score (nSPS) is 11.5. The van der Waals surface area contributed by atoms with Gasteiger partial charge >= 0.3 is 0 Å². The van der Waals surface area contributed by atoms with Gasteiger partial charge in [0.15, 0.2) is 0 Å². The zero-order chi connectivity index (χ0) is 19.4. The van der Waals surface area contributed by atoms with E-state index in [0.717, 1.165) is 15.4 Å². The summed E-state index contributed by atoms with van der Waals surface area (Å²) in [4.78, 5) is 12.4. The maximum atomic E-state index is 12.5. The van der Waals surface area contributed by atoms with Gasteiger partial charge in [-0.3, -0.25) is 10.1 Å². The van der Waals surface area contributed by atoms with E-state index in [1.165, 1.54) is 30.5 Å². The van der Waals surface area contributed by atoms with Gasteiger partial charge in [-0.2, -0.15) is 4.31 Å². The molecule has 0 aliphatic rings. The molecule has 3 aromatic rings. The molecule has 1 heterocycles. The molecule has 2 aromatic carbocycles. The quantitative estimate of drug-likeness (QED) is 0.684. The number of aromatic nitrogens is 2. The molecule has 0 bridgehead atoms. The van der Waals surface area contributed by atoms with Crippen LogP contribution < -0.4 is 5.32 Å². The minimum Gasteiger partial charge on any atom is -0.299 e. The number of likely N-dealkylation sites (N-methyl/N-ethyl adjacent to an activating group) is 1. The lowest BCUT2D eigenvalue weighted by Crippen LogP contribution is -2.34. The maximum absolute atomic E-state index is 12.5. The lowest BCUT2D eigenvalue weighted by Gasteiger charge is -2.16. The van der Waals surface area contributed by atoms with Gasteiger partial charge in [0.1, 0.15) is 5.01 Å². The minimum absolute atomic E-state index is 0.144. The van der Waals surface area contributed by atoms with Crippen LogP contribution >= 0.6 is 11.3 Å². The molecule has 0 radical (unpaired) electrons. The number of benzene rings is 2. The highest BCUT2D eigenvalue weighted by atomic mass is 32.2. The Morgan fingerprint density at radius 1 is 1.07 bits per heavy atom. The Labute approximate surface area is 161 Å². The maximum Gasteiger partial charge on any atom is 0.243 e. The first-order valence-electron chi connectivity index (χ1n) is 8.08. The van der Waals surface area contributed by atoms with Gasteiger partial charge in [-0.15, -0.1) is 10.2 Å². The fraction of sp³-hybridized carbons (Fsp3) is 0.167. The van der Waals surface area contributed by atoms with Crippen molar-refractivity contribution in [2.75, 3.05) is 18.9 Å². The van der Waals surface area contributed by atoms with Crippen LogP contribution in [0.1, 0.15) is 5.56 Å². The molecule has 1 N–H and O–H groups in total. The minimum atomic E-state index is -3.74. The molecule has 0 unspecified atom stereocenters. The average Bonchev–Trinajstić information content (AvgIpc) is 3.11. The van der Waals surface area contributed by atoms with E-state index < -0.39 is 15.9 Å². The largest absolute Gasteiger partial charge is 0.299 e. The van der Waals surface area contributed by atoms with Crippen molar-refractivity contribution in [3.63, 3.8) is 0 Å². The van der Waals surface area contributed by atoms with Crippen molar-refractivity contribution in [2.24, 2.45) is 0 Å². The molecule has 0 aliphatic carbocycles. The molecule has 140 valence electrons. The molecular weight excluding hydrogens is 384 g/mol. The SMILES string of the molecule is Cc1ccc(S(=O)(=O)N(C)CC(=O)Nc2nnc(-c3ccccc3)s2)cc1. The van der Waals surface area contributed by atoms with E-state index in [9.17, 15) is 13.2 Å². The smallest absolute Gasteiger partial charge is 0.243 e. The molecule has 0 spiro atoms. The van der Waals surface area contributed by atoms with Crippen LogP contribution in [0.25, 0.3) is 10.6 Å². The summed E-state index contributed by atoms with van der Waals surface area (Å²) in [5.41, 5.74) is 1.86. The number of carbonyl (C=O) groups excluding carboxylic acids is 1. The summed E-state index contributed by atoms with van der Waals surface area (Å²) in [7, 11) is -2.38. The predicted octanol–water partition coefficient (Wildman–Crippen LogP) is 2.77. The molecule has 0 aliphatic heterocycles. The van der Waals surface area contributed by atoms with Gasteiger partial charge in [0.2, 0.25) is 21.1 Å². The van der Waals surface area contributed by atoms with E-state index in [-0.39, 0.29) is 11.4 Å². The van der Waals surface area contributed by atoms with Crippen LogP contribution in [-0.2, 0) is 14.8 Å². The third kappa shape index (κ3) is 4.57. The summed E-state index contributed by atoms with van der Waals surface area (Å²) < 4.78 is 26.1. The number of rotatable bonds is 6. The number of nitrogens with zero attached hydrogens (tertiary/aromatic N) is 3. The Hall–Kier alpha value is -2.62. The first-order chi connectivity index (χ1) is 12.9. The fourth-order valence-corrected chi connectivity index (χ4v) is 4.20. The molecule has 0 saturated heterocycles. The van der Waals surface area contributed by atoms with Crippen molar-refractivity contribution in [1.29, 1.82) is 0 Å². The first-order valence-corrected chi connectivity index (χ1v) is 10.3. The molecular formula is C18H18N4O3S2. The zero-order valence-electron chi connectivity index (χ0n) is 14.8. The van der Waals surface area contributed by atoms with Crippen molar-refractivity contribution >= 4 is 32.4 Å². The number of nitrogens with one attached hydrogen (secondary N) is 1. The van der Waals surface area contributed by atoms with Gasteiger partial charge in [-0.05, 0) is 19.1 Å². The highest BCUT2D eigenvalue weighted by Crippen LogP contribution is 2.25. The van der Waals surface area contributed by atoms with Gasteiger partial charge in [0.25, 0.3) is 0 Å². The molecule has 0 atom stereocenters. The van der Waals surface area contributed by atoms with Gasteiger partial charge < -0.3 is 0 Å². The molecule has 1 amide bonds. The second-order valence-corrected chi connectivity index (χ2v) is 8.92. The summed E-state index contributed by atoms with van der Waals surface area (Å²) in [6.45, 7) is 1.55. The second kappa shape index (κ2) is 7.95. The monoisotopic (exact) mass is 402 g/mol. The summed E-state index contributed by atoms with van der Waals surface area (Å²) >= 11 is 1.22. The summed E-state index contributed by atoms with van der Waals surface area (Å²) in [5, 5.41) is 11.6. The van der Waals surface area contributed by atoms with E-state index in [4.69, 9.17) is 0 Å². The van der Waals surface area contributed by atoms with Crippen molar-refractivity contribution in [3.8, 4) is 10.6 Å². The lowest BCUT2D eigenvalue weighted by molar-refractivity contribution is -0.116. The number of hydrogen-bond donors (Lipinski definition) is 1. The third-order valence-electron chi connectivity index (χ3n) is 3.79. The molecule has 3 rings (SSSR count). The Kier molecular flexibility index (Phi) is 5.64. The number of amides is 1. The third-order valence-corrected chi connectivity index (χ3v) is 6.49. The highest BCUT2D eigenvalue weighted by molar-refractivity contribution is 7.89. The van der Waals surface area contributed by atoms with Crippen LogP contribution in [0.3, 0.4) is 0 Å². The molecule has 27 heavy (non-hydrogen) atoms. The Bertz CT molecular complexity index is 1030. The van der Waals surface area contributed by atoms with Crippen LogP contribution in [0.2, 0.25) is 0 Å².